The third kappa shape index (κ3) is 3.21. The first kappa shape index (κ1) is 20.8. The number of fused-ring (bicyclic) bond motifs is 3. The lowest BCUT2D eigenvalue weighted by Crippen LogP contribution is -2.46. The van der Waals surface area contributed by atoms with E-state index in [1.165, 1.54) is 6.92 Å². The number of hydrogen-bond acceptors (Lipinski definition) is 5. The Labute approximate surface area is 169 Å². The molecule has 1 aliphatic rings. The van der Waals surface area contributed by atoms with Crippen LogP contribution in [0.25, 0.3) is 5.65 Å². The van der Waals surface area contributed by atoms with Gasteiger partial charge < -0.3 is 5.32 Å². The number of amides is 2. The lowest BCUT2D eigenvalue weighted by molar-refractivity contribution is -0.181. The predicted molar refractivity (Wildman–Crippen MR) is 94.4 cm³/mol. The molecule has 0 fully saturated rings. The number of urea groups is 1. The molecule has 1 atom stereocenters. The van der Waals surface area contributed by atoms with Crippen molar-refractivity contribution in [1.82, 2.24) is 24.8 Å². The van der Waals surface area contributed by atoms with E-state index in [9.17, 15) is 31.1 Å². The second-order valence-corrected chi connectivity index (χ2v) is 7.14. The summed E-state index contributed by atoms with van der Waals surface area (Å²) in [5.41, 5.74) is -4.25. The van der Waals surface area contributed by atoms with Crippen LogP contribution in [0.15, 0.2) is 18.3 Å². The summed E-state index contributed by atoms with van der Waals surface area (Å²) in [5.74, 6) is -1.04. The summed E-state index contributed by atoms with van der Waals surface area (Å²) < 4.78 is 82.2. The van der Waals surface area contributed by atoms with Gasteiger partial charge in [-0.05, 0) is 19.9 Å². The van der Waals surface area contributed by atoms with E-state index in [2.05, 4.69) is 25.6 Å². The fraction of sp³-hybridized carbons (Fsp3) is 0.353. The minimum atomic E-state index is -4.83. The fourth-order valence-corrected chi connectivity index (χ4v) is 3.38. The Bertz CT molecular complexity index is 1190. The molecule has 1 unspecified atom stereocenters. The number of rotatable bonds is 2. The molecule has 0 spiro atoms. The van der Waals surface area contributed by atoms with E-state index < -0.39 is 47.9 Å². The van der Waals surface area contributed by atoms with Crippen molar-refractivity contribution in [3.05, 3.63) is 41.4 Å². The molecule has 2 amide bonds. The molecule has 0 saturated carbocycles. The van der Waals surface area contributed by atoms with Crippen LogP contribution in [0.1, 0.15) is 30.4 Å². The topological polar surface area (TPSA) is 88.3 Å². The van der Waals surface area contributed by atoms with Crippen molar-refractivity contribution in [2.45, 2.75) is 31.9 Å². The number of carbonyl (C=O) groups is 1. The van der Waals surface area contributed by atoms with Gasteiger partial charge in [-0.15, -0.1) is 10.2 Å². The average molecular weight is 445 g/mol. The third-order valence-corrected chi connectivity index (χ3v) is 5.06. The number of alkyl halides is 5. The van der Waals surface area contributed by atoms with Gasteiger partial charge in [0.2, 0.25) is 5.95 Å². The number of halogens is 6. The molecule has 4 heterocycles. The maximum absolute atomic E-state index is 14.0. The van der Waals surface area contributed by atoms with Gasteiger partial charge in [-0.2, -0.15) is 22.7 Å². The monoisotopic (exact) mass is 445 g/mol. The zero-order valence-electron chi connectivity index (χ0n) is 15.9. The second-order valence-electron chi connectivity index (χ2n) is 7.14. The van der Waals surface area contributed by atoms with Crippen molar-refractivity contribution in [3.8, 4) is 0 Å². The summed E-state index contributed by atoms with van der Waals surface area (Å²) in [7, 11) is 0. The standard InChI is InChI=1S/C17H13F6N7O/c1-7-8(3-9(14(19)20)27-26-7)25-15(31)29-6-16(2,17(21,22)23)13-10(29)5-24-12-4-11(18)28-30(12)13/h3-5,14H,6H2,1-2H3,(H,25,27,31). The van der Waals surface area contributed by atoms with Gasteiger partial charge in [-0.3, -0.25) is 4.90 Å². The molecule has 4 rings (SSSR count). The molecule has 3 aromatic rings. The number of hydrogen-bond donors (Lipinski definition) is 1. The molecule has 3 aromatic heterocycles. The minimum Gasteiger partial charge on any atom is -0.306 e. The van der Waals surface area contributed by atoms with Gasteiger partial charge in [0.05, 0.1) is 29.0 Å². The maximum atomic E-state index is 14.0. The summed E-state index contributed by atoms with van der Waals surface area (Å²) in [5, 5.41) is 12.6. The number of aromatic nitrogens is 5. The Morgan fingerprint density at radius 1 is 1.26 bits per heavy atom. The van der Waals surface area contributed by atoms with Gasteiger partial charge in [-0.1, -0.05) is 0 Å². The van der Waals surface area contributed by atoms with Crippen LogP contribution < -0.4 is 10.2 Å². The van der Waals surface area contributed by atoms with Crippen LogP contribution in [0.5, 0.6) is 0 Å². The Balaban J connectivity index is 1.79. The van der Waals surface area contributed by atoms with E-state index in [0.29, 0.717) is 4.52 Å². The summed E-state index contributed by atoms with van der Waals surface area (Å²) >= 11 is 0. The highest BCUT2D eigenvalue weighted by atomic mass is 19.4. The van der Waals surface area contributed by atoms with Crippen LogP contribution in [0.2, 0.25) is 0 Å². The molecule has 0 aliphatic carbocycles. The zero-order chi connectivity index (χ0) is 22.7. The zero-order valence-corrected chi connectivity index (χ0v) is 15.9. The molecular weight excluding hydrogens is 432 g/mol. The smallest absolute Gasteiger partial charge is 0.306 e. The summed E-state index contributed by atoms with van der Waals surface area (Å²) in [6.45, 7) is 1.37. The van der Waals surface area contributed by atoms with Gasteiger partial charge in [0.25, 0.3) is 6.43 Å². The van der Waals surface area contributed by atoms with Crippen LogP contribution in [0.4, 0.5) is 42.5 Å². The van der Waals surface area contributed by atoms with E-state index in [1.807, 2.05) is 0 Å². The highest BCUT2D eigenvalue weighted by Crippen LogP contribution is 2.49. The Morgan fingerprint density at radius 3 is 2.61 bits per heavy atom. The summed E-state index contributed by atoms with van der Waals surface area (Å²) in [6, 6.07) is 0.701. The molecule has 0 bridgehead atoms. The molecule has 14 heteroatoms. The molecule has 0 radical (unpaired) electrons. The summed E-state index contributed by atoms with van der Waals surface area (Å²) in [4.78, 5) is 17.5. The number of anilines is 2. The van der Waals surface area contributed by atoms with Crippen LogP contribution in [-0.2, 0) is 5.41 Å². The molecule has 0 aromatic carbocycles. The van der Waals surface area contributed by atoms with Crippen molar-refractivity contribution in [2.24, 2.45) is 0 Å². The molecule has 1 aliphatic heterocycles. The first-order valence-corrected chi connectivity index (χ1v) is 8.75. The Morgan fingerprint density at radius 2 is 1.97 bits per heavy atom. The minimum absolute atomic E-state index is 0.0819. The van der Waals surface area contributed by atoms with E-state index in [0.717, 1.165) is 30.2 Å². The normalized spacial score (nSPS) is 18.7. The number of nitrogens with one attached hydrogen (secondary N) is 1. The van der Waals surface area contributed by atoms with Crippen LogP contribution in [-0.4, -0.2) is 43.5 Å². The average Bonchev–Trinajstić information content (AvgIpc) is 3.20. The van der Waals surface area contributed by atoms with Gasteiger partial charge in [0.15, 0.2) is 5.65 Å². The highest BCUT2D eigenvalue weighted by Gasteiger charge is 2.60. The quantitative estimate of drug-likeness (QED) is 0.607. The second kappa shape index (κ2) is 6.78. The lowest BCUT2D eigenvalue weighted by Gasteiger charge is -2.28. The van der Waals surface area contributed by atoms with Crippen LogP contribution in [0, 0.1) is 12.9 Å². The van der Waals surface area contributed by atoms with Gasteiger partial charge >= 0.3 is 12.2 Å². The Kier molecular flexibility index (Phi) is 4.55. The Hall–Kier alpha value is -3.45. The number of nitrogens with zero attached hydrogens (tertiary/aromatic N) is 6. The van der Waals surface area contributed by atoms with Crippen LogP contribution >= 0.6 is 0 Å². The van der Waals surface area contributed by atoms with Crippen molar-refractivity contribution < 1.29 is 31.1 Å². The van der Waals surface area contributed by atoms with Gasteiger partial charge in [-0.25, -0.2) is 23.1 Å². The van der Waals surface area contributed by atoms with Crippen molar-refractivity contribution in [2.75, 3.05) is 16.8 Å². The lowest BCUT2D eigenvalue weighted by atomic mass is 9.88. The molecule has 0 saturated heterocycles. The third-order valence-electron chi connectivity index (χ3n) is 5.06. The van der Waals surface area contributed by atoms with E-state index in [1.54, 1.807) is 0 Å². The van der Waals surface area contributed by atoms with Crippen molar-refractivity contribution >= 4 is 23.1 Å². The van der Waals surface area contributed by atoms with E-state index >= 15 is 0 Å². The van der Waals surface area contributed by atoms with E-state index in [4.69, 9.17) is 0 Å². The largest absolute Gasteiger partial charge is 0.401 e. The highest BCUT2D eigenvalue weighted by molar-refractivity contribution is 6.03. The molecular formula is C17H13F6N7O. The van der Waals surface area contributed by atoms with Crippen molar-refractivity contribution in [1.29, 1.82) is 0 Å². The summed E-state index contributed by atoms with van der Waals surface area (Å²) in [6.07, 6.45) is -6.79. The predicted octanol–water partition coefficient (Wildman–Crippen LogP) is 3.78. The van der Waals surface area contributed by atoms with Gasteiger partial charge in [0.1, 0.15) is 11.1 Å². The molecule has 164 valence electrons. The fourth-order valence-electron chi connectivity index (χ4n) is 3.38. The number of carbonyl (C=O) groups excluding carboxylic acids is 1. The van der Waals surface area contributed by atoms with Crippen molar-refractivity contribution in [3.63, 3.8) is 0 Å². The molecule has 31 heavy (non-hydrogen) atoms. The number of aryl methyl sites for hydroxylation is 1. The first-order chi connectivity index (χ1) is 14.4. The van der Waals surface area contributed by atoms with Gasteiger partial charge in [0, 0.05) is 12.6 Å². The SMILES string of the molecule is Cc1nnc(C(F)F)cc1NC(=O)N1CC(C)(C(F)(F)F)c2c1cnc1cc(F)nn21. The molecule has 8 nitrogen and oxygen atoms in total. The first-order valence-electron chi connectivity index (χ1n) is 8.75. The van der Waals surface area contributed by atoms with E-state index in [-0.39, 0.29) is 22.7 Å². The maximum Gasteiger partial charge on any atom is 0.401 e. The molecule has 1 N–H and O–H groups in total. The van der Waals surface area contributed by atoms with Crippen LogP contribution in [0.3, 0.4) is 0 Å².